The van der Waals surface area contributed by atoms with Gasteiger partial charge in [0.1, 0.15) is 0 Å². The average molecular weight is 386 g/mol. The van der Waals surface area contributed by atoms with E-state index < -0.39 is 0 Å². The van der Waals surface area contributed by atoms with Crippen LogP contribution in [0.3, 0.4) is 0 Å². The van der Waals surface area contributed by atoms with Gasteiger partial charge in [-0.25, -0.2) is 4.79 Å². The van der Waals surface area contributed by atoms with Crippen molar-refractivity contribution in [2.75, 3.05) is 33.4 Å². The molecule has 3 rings (SSSR count). The molecular formula is C20H26N4O4. The summed E-state index contributed by atoms with van der Waals surface area (Å²) in [7, 11) is 1.61. The summed E-state index contributed by atoms with van der Waals surface area (Å²) in [5.74, 6) is 0.184. The Morgan fingerprint density at radius 3 is 2.89 bits per heavy atom. The van der Waals surface area contributed by atoms with Gasteiger partial charge in [-0.05, 0) is 42.7 Å². The SMILES string of the molecule is COCCN(Cc1ccncc1)C(=O)N[C@H]1CCCN(C(=O)c2ccco2)C1. The van der Waals surface area contributed by atoms with Gasteiger partial charge >= 0.3 is 6.03 Å². The van der Waals surface area contributed by atoms with E-state index in [0.717, 1.165) is 18.4 Å². The lowest BCUT2D eigenvalue weighted by atomic mass is 10.1. The number of carbonyl (C=O) groups excluding carboxylic acids is 2. The highest BCUT2D eigenvalue weighted by Gasteiger charge is 2.27. The molecule has 0 aromatic carbocycles. The Morgan fingerprint density at radius 1 is 1.36 bits per heavy atom. The molecule has 150 valence electrons. The highest BCUT2D eigenvalue weighted by molar-refractivity contribution is 5.91. The summed E-state index contributed by atoms with van der Waals surface area (Å²) in [6, 6.07) is 6.87. The predicted molar refractivity (Wildman–Crippen MR) is 103 cm³/mol. The molecule has 1 saturated heterocycles. The second kappa shape index (κ2) is 9.89. The summed E-state index contributed by atoms with van der Waals surface area (Å²) in [6.07, 6.45) is 6.58. The molecule has 2 aromatic rings. The molecule has 3 amide bonds. The first kappa shape index (κ1) is 19.9. The van der Waals surface area contributed by atoms with Crippen molar-refractivity contribution in [3.05, 3.63) is 54.2 Å². The maximum Gasteiger partial charge on any atom is 0.318 e. The number of aromatic nitrogens is 1. The van der Waals surface area contributed by atoms with E-state index >= 15 is 0 Å². The van der Waals surface area contributed by atoms with Gasteiger partial charge in [-0.2, -0.15) is 0 Å². The molecule has 0 unspecified atom stereocenters. The molecule has 28 heavy (non-hydrogen) atoms. The smallest absolute Gasteiger partial charge is 0.318 e. The van der Waals surface area contributed by atoms with Crippen LogP contribution in [0, 0.1) is 0 Å². The third-order valence-electron chi connectivity index (χ3n) is 4.74. The minimum Gasteiger partial charge on any atom is -0.459 e. The average Bonchev–Trinajstić information content (AvgIpc) is 3.26. The molecule has 1 atom stereocenters. The monoisotopic (exact) mass is 386 g/mol. The first-order valence-corrected chi connectivity index (χ1v) is 9.43. The highest BCUT2D eigenvalue weighted by atomic mass is 16.5. The fourth-order valence-electron chi connectivity index (χ4n) is 3.26. The third-order valence-corrected chi connectivity index (χ3v) is 4.74. The maximum atomic E-state index is 12.8. The van der Waals surface area contributed by atoms with Gasteiger partial charge in [0.25, 0.3) is 5.91 Å². The van der Waals surface area contributed by atoms with Crippen molar-refractivity contribution in [2.45, 2.75) is 25.4 Å². The first-order chi connectivity index (χ1) is 13.7. The van der Waals surface area contributed by atoms with Gasteiger partial charge in [-0.1, -0.05) is 0 Å². The van der Waals surface area contributed by atoms with Gasteiger partial charge < -0.3 is 24.3 Å². The van der Waals surface area contributed by atoms with Crippen molar-refractivity contribution in [1.29, 1.82) is 0 Å². The van der Waals surface area contributed by atoms with Crippen LogP contribution in [0.4, 0.5) is 4.79 Å². The summed E-state index contributed by atoms with van der Waals surface area (Å²) in [5, 5.41) is 3.07. The normalized spacial score (nSPS) is 16.6. The lowest BCUT2D eigenvalue weighted by Gasteiger charge is -2.34. The van der Waals surface area contributed by atoms with Crippen LogP contribution >= 0.6 is 0 Å². The van der Waals surface area contributed by atoms with E-state index in [9.17, 15) is 9.59 Å². The standard InChI is InChI=1S/C20H26N4O4/c1-27-13-11-24(14-16-6-8-21-9-7-16)20(26)22-17-4-2-10-23(15-17)19(25)18-5-3-12-28-18/h3,5-9,12,17H,2,4,10-11,13-15H2,1H3,(H,22,26)/t17-/m0/s1. The fourth-order valence-corrected chi connectivity index (χ4v) is 3.26. The van der Waals surface area contributed by atoms with E-state index in [4.69, 9.17) is 9.15 Å². The number of hydrogen-bond donors (Lipinski definition) is 1. The molecule has 1 fully saturated rings. The van der Waals surface area contributed by atoms with E-state index in [1.807, 2.05) is 12.1 Å². The van der Waals surface area contributed by atoms with Gasteiger partial charge in [-0.3, -0.25) is 9.78 Å². The number of rotatable bonds is 7. The van der Waals surface area contributed by atoms with Crippen molar-refractivity contribution in [3.8, 4) is 0 Å². The zero-order valence-electron chi connectivity index (χ0n) is 16.0. The Balaban J connectivity index is 1.59. The largest absolute Gasteiger partial charge is 0.459 e. The summed E-state index contributed by atoms with van der Waals surface area (Å²) in [4.78, 5) is 32.8. The lowest BCUT2D eigenvalue weighted by molar-refractivity contribution is 0.0661. The lowest BCUT2D eigenvalue weighted by Crippen LogP contribution is -2.53. The molecule has 1 aliphatic rings. The molecule has 0 aliphatic carbocycles. The molecule has 1 aliphatic heterocycles. The molecule has 8 nitrogen and oxygen atoms in total. The van der Waals surface area contributed by atoms with Crippen LogP contribution in [0.15, 0.2) is 47.3 Å². The van der Waals surface area contributed by atoms with Gasteiger partial charge in [0.15, 0.2) is 5.76 Å². The Hall–Kier alpha value is -2.87. The van der Waals surface area contributed by atoms with E-state index in [0.29, 0.717) is 38.5 Å². The Morgan fingerprint density at radius 2 is 2.18 bits per heavy atom. The van der Waals surface area contributed by atoms with Gasteiger partial charge in [0, 0.05) is 51.7 Å². The van der Waals surface area contributed by atoms with Crippen LogP contribution < -0.4 is 5.32 Å². The zero-order valence-corrected chi connectivity index (χ0v) is 16.0. The van der Waals surface area contributed by atoms with Crippen LogP contribution in [-0.4, -0.2) is 66.1 Å². The number of carbonyl (C=O) groups is 2. The number of likely N-dealkylation sites (tertiary alicyclic amines) is 1. The van der Waals surface area contributed by atoms with E-state index in [2.05, 4.69) is 10.3 Å². The van der Waals surface area contributed by atoms with Crippen LogP contribution in [-0.2, 0) is 11.3 Å². The number of hydrogen-bond acceptors (Lipinski definition) is 5. The molecule has 0 bridgehead atoms. The second-order valence-corrected chi connectivity index (χ2v) is 6.79. The molecular weight excluding hydrogens is 360 g/mol. The van der Waals surface area contributed by atoms with E-state index in [1.54, 1.807) is 41.4 Å². The molecule has 8 heteroatoms. The topological polar surface area (TPSA) is 87.9 Å². The van der Waals surface area contributed by atoms with Crippen molar-refractivity contribution < 1.29 is 18.7 Å². The van der Waals surface area contributed by atoms with Gasteiger partial charge in [0.05, 0.1) is 12.9 Å². The molecule has 0 spiro atoms. The first-order valence-electron chi connectivity index (χ1n) is 9.43. The maximum absolute atomic E-state index is 12.8. The predicted octanol–water partition coefficient (Wildman–Crippen LogP) is 2.14. The van der Waals surface area contributed by atoms with E-state index in [1.165, 1.54) is 6.26 Å². The number of ether oxygens (including phenoxy) is 1. The Kier molecular flexibility index (Phi) is 7.02. The number of urea groups is 1. The minimum atomic E-state index is -0.161. The van der Waals surface area contributed by atoms with Crippen LogP contribution in [0.2, 0.25) is 0 Å². The van der Waals surface area contributed by atoms with E-state index in [-0.39, 0.29) is 18.0 Å². The number of nitrogens with zero attached hydrogens (tertiary/aromatic N) is 3. The summed E-state index contributed by atoms with van der Waals surface area (Å²) in [5.41, 5.74) is 1.000. The van der Waals surface area contributed by atoms with Crippen LogP contribution in [0.1, 0.15) is 29.0 Å². The van der Waals surface area contributed by atoms with Crippen molar-refractivity contribution in [2.24, 2.45) is 0 Å². The van der Waals surface area contributed by atoms with Gasteiger partial charge in [0.2, 0.25) is 0 Å². The minimum absolute atomic E-state index is 0.0948. The molecule has 3 heterocycles. The quantitative estimate of drug-likeness (QED) is 0.788. The van der Waals surface area contributed by atoms with Crippen molar-refractivity contribution in [1.82, 2.24) is 20.1 Å². The van der Waals surface area contributed by atoms with Crippen LogP contribution in [0.5, 0.6) is 0 Å². The number of furan rings is 1. The summed E-state index contributed by atoms with van der Waals surface area (Å²) < 4.78 is 10.4. The number of methoxy groups -OCH3 is 1. The Labute approximate surface area is 164 Å². The molecule has 0 saturated carbocycles. The molecule has 2 aromatic heterocycles. The number of piperidine rings is 1. The molecule has 0 radical (unpaired) electrons. The fraction of sp³-hybridized carbons (Fsp3) is 0.450. The van der Waals surface area contributed by atoms with Crippen LogP contribution in [0.25, 0.3) is 0 Å². The molecule has 1 N–H and O–H groups in total. The van der Waals surface area contributed by atoms with Crippen molar-refractivity contribution >= 4 is 11.9 Å². The second-order valence-electron chi connectivity index (χ2n) is 6.79. The Bertz CT molecular complexity index is 751. The summed E-state index contributed by atoms with van der Waals surface area (Å²) in [6.45, 7) is 2.53. The van der Waals surface area contributed by atoms with Gasteiger partial charge in [-0.15, -0.1) is 0 Å². The zero-order chi connectivity index (χ0) is 19.8. The highest BCUT2D eigenvalue weighted by Crippen LogP contribution is 2.15. The number of amides is 3. The third kappa shape index (κ3) is 5.32. The number of pyridine rings is 1. The van der Waals surface area contributed by atoms with Crippen molar-refractivity contribution in [3.63, 3.8) is 0 Å². The number of nitrogens with one attached hydrogen (secondary N) is 1. The summed E-state index contributed by atoms with van der Waals surface area (Å²) >= 11 is 0.